The molecule has 22 heavy (non-hydrogen) atoms. The second-order valence-corrected chi connectivity index (χ2v) is 5.29. The van der Waals surface area contributed by atoms with Crippen molar-refractivity contribution in [3.63, 3.8) is 0 Å². The molecule has 0 bridgehead atoms. The fraction of sp³-hybridized carbons (Fsp3) is 0. The molecule has 6 nitrogen and oxygen atoms in total. The number of benzene rings is 2. The zero-order valence-electron chi connectivity index (χ0n) is 10.7. The second kappa shape index (κ2) is 6.83. The number of non-ortho nitro benzene ring substituents is 1. The van der Waals surface area contributed by atoms with Crippen LogP contribution in [-0.2, 0) is 4.84 Å². The molecule has 0 fully saturated rings. The lowest BCUT2D eigenvalue weighted by molar-refractivity contribution is -0.384. The molecule has 0 unspecified atom stereocenters. The van der Waals surface area contributed by atoms with Crippen LogP contribution in [0.5, 0.6) is 0 Å². The Balaban J connectivity index is 2.08. The normalized spacial score (nSPS) is 10.1. The second-order valence-electron chi connectivity index (χ2n) is 4.04. The number of hydrogen-bond acceptors (Lipinski definition) is 5. The van der Waals surface area contributed by atoms with Gasteiger partial charge in [0.25, 0.3) is 5.69 Å². The summed E-state index contributed by atoms with van der Waals surface area (Å²) < 4.78 is 0. The average Bonchev–Trinajstić information content (AvgIpc) is 2.46. The topological polar surface area (TPSA) is 81.5 Å². The summed E-state index contributed by atoms with van der Waals surface area (Å²) in [5.74, 6) is -0.753. The molecule has 2 aromatic rings. The Morgan fingerprint density at radius 1 is 1.09 bits per heavy atom. The van der Waals surface area contributed by atoms with Crippen molar-refractivity contribution in [1.82, 2.24) is 0 Å². The summed E-state index contributed by atoms with van der Waals surface area (Å²) in [5, 5.41) is 11.2. The summed E-state index contributed by atoms with van der Waals surface area (Å²) in [7, 11) is 0. The van der Waals surface area contributed by atoms with Gasteiger partial charge >= 0.3 is 5.97 Å². The summed E-state index contributed by atoms with van der Waals surface area (Å²) in [6.07, 6.45) is 0. The SMILES string of the molecule is O=C(ONc1c(Cl)cc(Cl)cc1Cl)c1ccc([N+](=O)[O-])cc1. The molecule has 9 heteroatoms. The van der Waals surface area contributed by atoms with Crippen molar-refractivity contribution in [1.29, 1.82) is 0 Å². The summed E-state index contributed by atoms with van der Waals surface area (Å²) in [6.45, 7) is 0. The van der Waals surface area contributed by atoms with Crippen molar-refractivity contribution in [3.05, 3.63) is 67.1 Å². The first-order valence-electron chi connectivity index (χ1n) is 5.74. The molecule has 0 aliphatic heterocycles. The first-order chi connectivity index (χ1) is 10.4. The first kappa shape index (κ1) is 16.4. The number of nitro groups is 1. The number of hydrogen-bond donors (Lipinski definition) is 1. The molecule has 0 aromatic heterocycles. The van der Waals surface area contributed by atoms with E-state index in [1.54, 1.807) is 0 Å². The van der Waals surface area contributed by atoms with Gasteiger partial charge in [-0.3, -0.25) is 10.1 Å². The highest BCUT2D eigenvalue weighted by Gasteiger charge is 2.13. The molecule has 0 aliphatic carbocycles. The molecule has 0 radical (unpaired) electrons. The van der Waals surface area contributed by atoms with Crippen LogP contribution >= 0.6 is 34.8 Å². The number of rotatable bonds is 4. The minimum Gasteiger partial charge on any atom is -0.338 e. The smallest absolute Gasteiger partial charge is 0.338 e. The van der Waals surface area contributed by atoms with Crippen molar-refractivity contribution in [2.24, 2.45) is 0 Å². The van der Waals surface area contributed by atoms with Gasteiger partial charge < -0.3 is 4.84 Å². The average molecular weight is 362 g/mol. The van der Waals surface area contributed by atoms with Crippen molar-refractivity contribution in [3.8, 4) is 0 Å². The predicted octanol–water partition coefficient (Wildman–Crippen LogP) is 4.74. The molecule has 114 valence electrons. The van der Waals surface area contributed by atoms with E-state index >= 15 is 0 Å². The molecule has 2 rings (SSSR count). The summed E-state index contributed by atoms with van der Waals surface area (Å²) in [6, 6.07) is 7.78. The molecule has 1 N–H and O–H groups in total. The van der Waals surface area contributed by atoms with Crippen LogP contribution in [0.3, 0.4) is 0 Å². The lowest BCUT2D eigenvalue weighted by Gasteiger charge is -2.10. The Hall–Kier alpha value is -2.02. The summed E-state index contributed by atoms with van der Waals surface area (Å²) >= 11 is 17.6. The van der Waals surface area contributed by atoms with Crippen LogP contribution in [0.4, 0.5) is 11.4 Å². The van der Waals surface area contributed by atoms with Gasteiger partial charge in [-0.25, -0.2) is 10.3 Å². The van der Waals surface area contributed by atoms with E-state index in [-0.39, 0.29) is 27.0 Å². The minimum atomic E-state index is -0.753. The van der Waals surface area contributed by atoms with Crippen LogP contribution < -0.4 is 5.48 Å². The van der Waals surface area contributed by atoms with Crippen LogP contribution in [0.15, 0.2) is 36.4 Å². The number of carbonyl (C=O) groups is 1. The van der Waals surface area contributed by atoms with E-state index in [0.29, 0.717) is 5.02 Å². The van der Waals surface area contributed by atoms with Crippen molar-refractivity contribution in [2.45, 2.75) is 0 Å². The van der Waals surface area contributed by atoms with Gasteiger partial charge in [0.1, 0.15) is 5.69 Å². The third-order valence-corrected chi connectivity index (χ3v) is 3.38. The van der Waals surface area contributed by atoms with Crippen molar-refractivity contribution < 1.29 is 14.6 Å². The van der Waals surface area contributed by atoms with Crippen molar-refractivity contribution >= 4 is 52.1 Å². The number of nitro benzene ring substituents is 1. The zero-order valence-corrected chi connectivity index (χ0v) is 12.9. The molecule has 0 spiro atoms. The Morgan fingerprint density at radius 3 is 2.14 bits per heavy atom. The highest BCUT2D eigenvalue weighted by atomic mass is 35.5. The van der Waals surface area contributed by atoms with Gasteiger partial charge in [0, 0.05) is 17.2 Å². The van der Waals surface area contributed by atoms with E-state index in [0.717, 1.165) is 0 Å². The third kappa shape index (κ3) is 3.79. The molecular formula is C13H7Cl3N2O4. The monoisotopic (exact) mass is 360 g/mol. The largest absolute Gasteiger partial charge is 0.362 e. The number of carbonyl (C=O) groups excluding carboxylic acids is 1. The van der Waals surface area contributed by atoms with E-state index in [1.807, 2.05) is 0 Å². The first-order valence-corrected chi connectivity index (χ1v) is 6.88. The van der Waals surface area contributed by atoms with Crippen LogP contribution in [0, 0.1) is 10.1 Å². The number of anilines is 1. The highest BCUT2D eigenvalue weighted by molar-refractivity contribution is 6.41. The van der Waals surface area contributed by atoms with Gasteiger partial charge in [0.05, 0.1) is 20.5 Å². The molecule has 0 saturated carbocycles. The van der Waals surface area contributed by atoms with Crippen LogP contribution in [0.25, 0.3) is 0 Å². The zero-order chi connectivity index (χ0) is 16.3. The predicted molar refractivity (Wildman–Crippen MR) is 83.6 cm³/mol. The maximum atomic E-state index is 11.8. The quantitative estimate of drug-likeness (QED) is 0.628. The fourth-order valence-corrected chi connectivity index (χ4v) is 2.41. The standard InChI is InChI=1S/C13H7Cl3N2O4/c14-8-5-10(15)12(11(16)6-8)17-22-13(19)7-1-3-9(4-2-7)18(20)21/h1-6,17H. The van der Waals surface area contributed by atoms with E-state index in [1.165, 1.54) is 36.4 Å². The van der Waals surface area contributed by atoms with Gasteiger partial charge in [0.15, 0.2) is 0 Å². The maximum absolute atomic E-state index is 11.8. The lowest BCUT2D eigenvalue weighted by Crippen LogP contribution is -2.11. The van der Waals surface area contributed by atoms with Crippen LogP contribution in [0.2, 0.25) is 15.1 Å². The van der Waals surface area contributed by atoms with E-state index in [2.05, 4.69) is 5.48 Å². The molecule has 0 heterocycles. The number of nitrogens with one attached hydrogen (secondary N) is 1. The Morgan fingerprint density at radius 2 is 1.64 bits per heavy atom. The van der Waals surface area contributed by atoms with Crippen LogP contribution in [0.1, 0.15) is 10.4 Å². The molecule has 0 amide bonds. The summed E-state index contributed by atoms with van der Waals surface area (Å²) in [4.78, 5) is 26.6. The highest BCUT2D eigenvalue weighted by Crippen LogP contribution is 2.33. The number of halogens is 3. The Bertz CT molecular complexity index is 712. The third-order valence-electron chi connectivity index (χ3n) is 2.57. The van der Waals surface area contributed by atoms with Crippen molar-refractivity contribution in [2.75, 3.05) is 5.48 Å². The van der Waals surface area contributed by atoms with E-state index in [4.69, 9.17) is 39.6 Å². The Kier molecular flexibility index (Phi) is 5.07. The molecule has 0 atom stereocenters. The van der Waals surface area contributed by atoms with Gasteiger partial charge in [-0.15, -0.1) is 0 Å². The van der Waals surface area contributed by atoms with E-state index < -0.39 is 10.9 Å². The van der Waals surface area contributed by atoms with Crippen LogP contribution in [-0.4, -0.2) is 10.9 Å². The molecular weight excluding hydrogens is 355 g/mol. The van der Waals surface area contributed by atoms with Gasteiger partial charge in [-0.1, -0.05) is 34.8 Å². The summed E-state index contributed by atoms with van der Waals surface area (Å²) in [5.41, 5.74) is 2.51. The Labute approximate surface area is 139 Å². The fourth-order valence-electron chi connectivity index (χ4n) is 1.52. The number of nitrogens with zero attached hydrogens (tertiary/aromatic N) is 1. The molecule has 2 aromatic carbocycles. The minimum absolute atomic E-state index is 0.124. The van der Waals surface area contributed by atoms with Gasteiger partial charge in [0.2, 0.25) is 0 Å². The van der Waals surface area contributed by atoms with E-state index in [9.17, 15) is 14.9 Å². The molecule has 0 saturated heterocycles. The lowest BCUT2D eigenvalue weighted by atomic mass is 10.2. The molecule has 0 aliphatic rings. The van der Waals surface area contributed by atoms with Gasteiger partial charge in [-0.05, 0) is 24.3 Å². The van der Waals surface area contributed by atoms with Gasteiger partial charge in [-0.2, -0.15) is 0 Å². The maximum Gasteiger partial charge on any atom is 0.362 e.